The third-order valence-electron chi connectivity index (χ3n) is 4.61. The van der Waals surface area contributed by atoms with E-state index in [1.54, 1.807) is 0 Å². The standard InChI is InChI=1S/C17H27NO/c1-12(16(2,3)4)11-18-8-7-13-14(18)9-17(5,6)10-15(13)19/h7-8,12H,9-11H2,1-6H3. The topological polar surface area (TPSA) is 22.0 Å². The van der Waals surface area contributed by atoms with Gasteiger partial charge in [0, 0.05) is 30.4 Å². The maximum atomic E-state index is 12.2. The van der Waals surface area contributed by atoms with E-state index >= 15 is 0 Å². The van der Waals surface area contributed by atoms with Crippen LogP contribution < -0.4 is 0 Å². The van der Waals surface area contributed by atoms with Gasteiger partial charge in [0.25, 0.3) is 0 Å². The number of rotatable bonds is 2. The Bertz CT molecular complexity index is 488. The van der Waals surface area contributed by atoms with Gasteiger partial charge in [0.05, 0.1) is 0 Å². The monoisotopic (exact) mass is 261 g/mol. The highest BCUT2D eigenvalue weighted by molar-refractivity contribution is 5.98. The SMILES string of the molecule is CC(Cn1ccc2c1CC(C)(C)CC2=O)C(C)(C)C. The highest BCUT2D eigenvalue weighted by atomic mass is 16.1. The minimum atomic E-state index is 0.102. The van der Waals surface area contributed by atoms with Crippen LogP contribution in [0, 0.1) is 16.7 Å². The van der Waals surface area contributed by atoms with Crippen molar-refractivity contribution in [3.05, 3.63) is 23.5 Å². The second kappa shape index (κ2) is 4.50. The normalized spacial score (nSPS) is 20.2. The molecule has 0 aromatic carbocycles. The Balaban J connectivity index is 2.29. The molecule has 2 heteroatoms. The molecule has 1 atom stereocenters. The van der Waals surface area contributed by atoms with Crippen molar-refractivity contribution in [1.29, 1.82) is 0 Å². The van der Waals surface area contributed by atoms with Crippen LogP contribution in [0.2, 0.25) is 0 Å². The maximum Gasteiger partial charge on any atom is 0.165 e. The minimum Gasteiger partial charge on any atom is -0.350 e. The van der Waals surface area contributed by atoms with Gasteiger partial charge < -0.3 is 4.57 Å². The third-order valence-corrected chi connectivity index (χ3v) is 4.61. The van der Waals surface area contributed by atoms with Gasteiger partial charge in [-0.25, -0.2) is 0 Å². The van der Waals surface area contributed by atoms with Gasteiger partial charge in [-0.15, -0.1) is 0 Å². The summed E-state index contributed by atoms with van der Waals surface area (Å²) < 4.78 is 2.31. The second-order valence-electron chi connectivity index (χ2n) is 8.04. The van der Waals surface area contributed by atoms with Gasteiger partial charge in [0.1, 0.15) is 0 Å². The summed E-state index contributed by atoms with van der Waals surface area (Å²) in [4.78, 5) is 12.2. The lowest BCUT2D eigenvalue weighted by molar-refractivity contribution is 0.0909. The smallest absolute Gasteiger partial charge is 0.165 e. The Labute approximate surface area is 117 Å². The molecule has 2 rings (SSSR count). The summed E-state index contributed by atoms with van der Waals surface area (Å²) in [5.41, 5.74) is 2.61. The molecule has 1 aromatic rings. The molecule has 0 saturated heterocycles. The average Bonchev–Trinajstić information content (AvgIpc) is 2.58. The molecule has 19 heavy (non-hydrogen) atoms. The largest absolute Gasteiger partial charge is 0.350 e. The summed E-state index contributed by atoms with van der Waals surface area (Å²) in [7, 11) is 0. The van der Waals surface area contributed by atoms with E-state index in [9.17, 15) is 4.79 Å². The summed E-state index contributed by atoms with van der Waals surface area (Å²) in [6.45, 7) is 14.5. The molecule has 0 N–H and O–H groups in total. The van der Waals surface area contributed by atoms with Gasteiger partial charge in [-0.05, 0) is 29.2 Å². The van der Waals surface area contributed by atoms with E-state index in [2.05, 4.69) is 52.3 Å². The first kappa shape index (κ1) is 14.4. The van der Waals surface area contributed by atoms with Crippen molar-refractivity contribution >= 4 is 5.78 Å². The zero-order valence-electron chi connectivity index (χ0n) is 13.2. The van der Waals surface area contributed by atoms with Crippen LogP contribution in [0.5, 0.6) is 0 Å². The number of carbonyl (C=O) groups is 1. The van der Waals surface area contributed by atoms with Crippen LogP contribution in [0.25, 0.3) is 0 Å². The summed E-state index contributed by atoms with van der Waals surface area (Å²) in [5.74, 6) is 0.901. The predicted molar refractivity (Wildman–Crippen MR) is 79.5 cm³/mol. The highest BCUT2D eigenvalue weighted by Crippen LogP contribution is 2.36. The number of aromatic nitrogens is 1. The van der Waals surface area contributed by atoms with Crippen LogP contribution in [-0.2, 0) is 13.0 Å². The predicted octanol–water partition coefficient (Wildman–Crippen LogP) is 4.33. The van der Waals surface area contributed by atoms with Crippen LogP contribution in [0.15, 0.2) is 12.3 Å². The first-order valence-electron chi connectivity index (χ1n) is 7.31. The van der Waals surface area contributed by atoms with Crippen LogP contribution in [0.3, 0.4) is 0 Å². The van der Waals surface area contributed by atoms with Crippen LogP contribution in [0.1, 0.15) is 64.0 Å². The molecule has 0 radical (unpaired) electrons. The maximum absolute atomic E-state index is 12.2. The van der Waals surface area contributed by atoms with Gasteiger partial charge in [-0.2, -0.15) is 0 Å². The van der Waals surface area contributed by atoms with E-state index in [0.29, 0.717) is 23.5 Å². The van der Waals surface area contributed by atoms with Crippen molar-refractivity contribution < 1.29 is 4.79 Å². The molecule has 1 unspecified atom stereocenters. The molecule has 0 saturated carbocycles. The number of fused-ring (bicyclic) bond motifs is 1. The van der Waals surface area contributed by atoms with Crippen LogP contribution in [-0.4, -0.2) is 10.4 Å². The Kier molecular flexibility index (Phi) is 3.40. The molecule has 1 aliphatic rings. The summed E-state index contributed by atoms with van der Waals surface area (Å²) >= 11 is 0. The third kappa shape index (κ3) is 2.93. The summed E-state index contributed by atoms with van der Waals surface area (Å²) in [6, 6.07) is 2.02. The average molecular weight is 261 g/mol. The number of Topliss-reactive ketones (excluding diaryl/α,β-unsaturated/α-hetero) is 1. The molecule has 1 aliphatic carbocycles. The van der Waals surface area contributed by atoms with E-state index in [1.165, 1.54) is 5.69 Å². The van der Waals surface area contributed by atoms with Crippen LogP contribution in [0.4, 0.5) is 0 Å². The van der Waals surface area contributed by atoms with Crippen molar-refractivity contribution in [2.75, 3.05) is 0 Å². The molecule has 0 fully saturated rings. The van der Waals surface area contributed by atoms with Gasteiger partial charge in [-0.1, -0.05) is 41.5 Å². The van der Waals surface area contributed by atoms with Gasteiger partial charge in [-0.3, -0.25) is 4.79 Å². The van der Waals surface area contributed by atoms with E-state index in [-0.39, 0.29) is 5.41 Å². The minimum absolute atomic E-state index is 0.102. The molecule has 0 bridgehead atoms. The Morgan fingerprint density at radius 1 is 1.32 bits per heavy atom. The number of nitrogens with zero attached hydrogens (tertiary/aromatic N) is 1. The number of ketones is 1. The Morgan fingerprint density at radius 2 is 1.95 bits per heavy atom. The molecule has 0 amide bonds. The summed E-state index contributed by atoms with van der Waals surface area (Å²) in [5, 5.41) is 0. The fourth-order valence-corrected chi connectivity index (χ4v) is 2.74. The van der Waals surface area contributed by atoms with E-state index < -0.39 is 0 Å². The molecular weight excluding hydrogens is 234 g/mol. The fourth-order valence-electron chi connectivity index (χ4n) is 2.74. The zero-order chi connectivity index (χ0) is 14.4. The van der Waals surface area contributed by atoms with Crippen LogP contribution >= 0.6 is 0 Å². The first-order valence-corrected chi connectivity index (χ1v) is 7.31. The fraction of sp³-hybridized carbons (Fsp3) is 0.706. The van der Waals surface area contributed by atoms with Crippen molar-refractivity contribution in [2.24, 2.45) is 16.7 Å². The van der Waals surface area contributed by atoms with Gasteiger partial charge in [0.15, 0.2) is 5.78 Å². The van der Waals surface area contributed by atoms with E-state index in [0.717, 1.165) is 18.5 Å². The first-order chi connectivity index (χ1) is 8.60. The Morgan fingerprint density at radius 3 is 2.53 bits per heavy atom. The zero-order valence-corrected chi connectivity index (χ0v) is 13.2. The van der Waals surface area contributed by atoms with Gasteiger partial charge in [0.2, 0.25) is 0 Å². The lowest BCUT2D eigenvalue weighted by atomic mass is 9.76. The Hall–Kier alpha value is -1.05. The lowest BCUT2D eigenvalue weighted by Gasteiger charge is -2.32. The molecule has 0 spiro atoms. The molecule has 106 valence electrons. The molecular formula is C17H27NO. The summed E-state index contributed by atoms with van der Waals surface area (Å²) in [6.07, 6.45) is 3.79. The van der Waals surface area contributed by atoms with Crippen molar-refractivity contribution in [2.45, 2.75) is 60.9 Å². The molecule has 1 aromatic heterocycles. The highest BCUT2D eigenvalue weighted by Gasteiger charge is 2.33. The number of hydrogen-bond acceptors (Lipinski definition) is 1. The lowest BCUT2D eigenvalue weighted by Crippen LogP contribution is -2.29. The molecule has 1 heterocycles. The molecule has 0 aliphatic heterocycles. The number of hydrogen-bond donors (Lipinski definition) is 0. The number of carbonyl (C=O) groups excluding carboxylic acids is 1. The van der Waals surface area contributed by atoms with Crippen molar-refractivity contribution in [3.8, 4) is 0 Å². The van der Waals surface area contributed by atoms with Crippen molar-refractivity contribution in [3.63, 3.8) is 0 Å². The quantitative estimate of drug-likeness (QED) is 0.777. The van der Waals surface area contributed by atoms with Crippen molar-refractivity contribution in [1.82, 2.24) is 4.57 Å². The molecule has 2 nitrogen and oxygen atoms in total. The van der Waals surface area contributed by atoms with E-state index in [4.69, 9.17) is 0 Å². The second-order valence-corrected chi connectivity index (χ2v) is 8.04. The van der Waals surface area contributed by atoms with Gasteiger partial charge >= 0.3 is 0 Å². The van der Waals surface area contributed by atoms with E-state index in [1.807, 2.05) is 6.07 Å².